The van der Waals surface area contributed by atoms with E-state index in [0.717, 1.165) is 5.56 Å². The van der Waals surface area contributed by atoms with Crippen molar-refractivity contribution in [3.63, 3.8) is 0 Å². The van der Waals surface area contributed by atoms with Gasteiger partial charge in [0, 0.05) is 39.7 Å². The van der Waals surface area contributed by atoms with Gasteiger partial charge in [-0.05, 0) is 30.3 Å². The van der Waals surface area contributed by atoms with Crippen LogP contribution in [0.15, 0.2) is 42.7 Å². The number of carbonyl (C=O) groups excluding carboxylic acids is 1. The standard InChI is InChI=1S/C21H23FN6O2/c1-26(2)19-11-23-12-20(24-19)30-16-8-9-28(13-16)21(29)18-10-17(25-27(18)3)14-4-6-15(22)7-5-14/h4-7,10-12,16H,8-9,13H2,1-3H3. The third kappa shape index (κ3) is 4.10. The second-order valence-corrected chi connectivity index (χ2v) is 7.43. The fraction of sp³-hybridized carbons (Fsp3) is 0.333. The number of hydrogen-bond acceptors (Lipinski definition) is 6. The fourth-order valence-corrected chi connectivity index (χ4v) is 3.38. The van der Waals surface area contributed by atoms with Crippen LogP contribution in [0.5, 0.6) is 5.88 Å². The first-order chi connectivity index (χ1) is 14.4. The first-order valence-electron chi connectivity index (χ1n) is 9.66. The first-order valence-corrected chi connectivity index (χ1v) is 9.66. The fourth-order valence-electron chi connectivity index (χ4n) is 3.38. The Morgan fingerprint density at radius 3 is 2.73 bits per heavy atom. The molecule has 1 aliphatic rings. The number of hydrogen-bond donors (Lipinski definition) is 0. The number of ether oxygens (including phenoxy) is 1. The molecule has 30 heavy (non-hydrogen) atoms. The van der Waals surface area contributed by atoms with Crippen molar-refractivity contribution in [2.75, 3.05) is 32.1 Å². The van der Waals surface area contributed by atoms with E-state index < -0.39 is 0 Å². The Hall–Kier alpha value is -3.49. The average Bonchev–Trinajstić information content (AvgIpc) is 3.35. The number of carbonyl (C=O) groups is 1. The van der Waals surface area contributed by atoms with Crippen LogP contribution in [0.25, 0.3) is 11.3 Å². The molecule has 0 spiro atoms. The number of rotatable bonds is 5. The second kappa shape index (κ2) is 8.10. The largest absolute Gasteiger partial charge is 0.471 e. The minimum atomic E-state index is -0.310. The lowest BCUT2D eigenvalue weighted by molar-refractivity contribution is 0.0760. The highest BCUT2D eigenvalue weighted by Gasteiger charge is 2.30. The molecule has 1 saturated heterocycles. The summed E-state index contributed by atoms with van der Waals surface area (Å²) in [7, 11) is 5.50. The van der Waals surface area contributed by atoms with E-state index in [0.29, 0.717) is 42.6 Å². The molecule has 8 nitrogen and oxygen atoms in total. The molecule has 0 radical (unpaired) electrons. The maximum atomic E-state index is 13.2. The van der Waals surface area contributed by atoms with Crippen LogP contribution in [-0.2, 0) is 7.05 Å². The van der Waals surface area contributed by atoms with Crippen molar-refractivity contribution in [2.45, 2.75) is 12.5 Å². The summed E-state index contributed by atoms with van der Waals surface area (Å²) in [4.78, 5) is 25.2. The minimum Gasteiger partial charge on any atom is -0.471 e. The maximum absolute atomic E-state index is 13.2. The van der Waals surface area contributed by atoms with Crippen LogP contribution in [-0.4, -0.2) is 63.8 Å². The van der Waals surface area contributed by atoms with E-state index in [-0.39, 0.29) is 17.8 Å². The zero-order valence-electron chi connectivity index (χ0n) is 17.1. The highest BCUT2D eigenvalue weighted by Crippen LogP contribution is 2.23. The number of aryl methyl sites for hydroxylation is 1. The maximum Gasteiger partial charge on any atom is 0.272 e. The molecule has 0 aliphatic carbocycles. The van der Waals surface area contributed by atoms with Gasteiger partial charge >= 0.3 is 0 Å². The van der Waals surface area contributed by atoms with E-state index in [1.54, 1.807) is 47.2 Å². The van der Waals surface area contributed by atoms with E-state index in [1.165, 1.54) is 12.1 Å². The van der Waals surface area contributed by atoms with Crippen LogP contribution >= 0.6 is 0 Å². The minimum absolute atomic E-state index is 0.113. The molecule has 1 aliphatic heterocycles. The lowest BCUT2D eigenvalue weighted by Crippen LogP contribution is -2.32. The van der Waals surface area contributed by atoms with Crippen molar-refractivity contribution in [1.29, 1.82) is 0 Å². The zero-order chi connectivity index (χ0) is 21.3. The SMILES string of the molecule is CN(C)c1cncc(OC2CCN(C(=O)c3cc(-c4ccc(F)cc4)nn3C)C2)n1. The van der Waals surface area contributed by atoms with Gasteiger partial charge in [0.2, 0.25) is 5.88 Å². The predicted molar refractivity (Wildman–Crippen MR) is 110 cm³/mol. The van der Waals surface area contributed by atoms with Crippen molar-refractivity contribution < 1.29 is 13.9 Å². The molecule has 9 heteroatoms. The molecule has 0 bridgehead atoms. The highest BCUT2D eigenvalue weighted by molar-refractivity contribution is 5.94. The quantitative estimate of drug-likeness (QED) is 0.643. The molecule has 1 unspecified atom stereocenters. The van der Waals surface area contributed by atoms with Crippen LogP contribution in [0.1, 0.15) is 16.9 Å². The third-order valence-corrected chi connectivity index (χ3v) is 5.02. The lowest BCUT2D eigenvalue weighted by Gasteiger charge is -2.17. The van der Waals surface area contributed by atoms with Gasteiger partial charge in [-0.25, -0.2) is 4.39 Å². The molecular formula is C21H23FN6O2. The Balaban J connectivity index is 1.44. The summed E-state index contributed by atoms with van der Waals surface area (Å²) in [5.41, 5.74) is 1.86. The lowest BCUT2D eigenvalue weighted by atomic mass is 10.1. The van der Waals surface area contributed by atoms with Crippen LogP contribution in [0.3, 0.4) is 0 Å². The summed E-state index contributed by atoms with van der Waals surface area (Å²) in [5.74, 6) is 0.730. The highest BCUT2D eigenvalue weighted by atomic mass is 19.1. The molecule has 2 aromatic heterocycles. The molecule has 1 amide bonds. The smallest absolute Gasteiger partial charge is 0.272 e. The van der Waals surface area contributed by atoms with Gasteiger partial charge in [-0.15, -0.1) is 0 Å². The second-order valence-electron chi connectivity index (χ2n) is 7.43. The van der Waals surface area contributed by atoms with Gasteiger partial charge in [0.25, 0.3) is 5.91 Å². The van der Waals surface area contributed by atoms with Crippen LogP contribution < -0.4 is 9.64 Å². The summed E-state index contributed by atoms with van der Waals surface area (Å²) in [5, 5.41) is 4.41. The Labute approximate surface area is 173 Å². The summed E-state index contributed by atoms with van der Waals surface area (Å²) < 4.78 is 20.7. The summed E-state index contributed by atoms with van der Waals surface area (Å²) in [6.45, 7) is 1.05. The third-order valence-electron chi connectivity index (χ3n) is 5.02. The molecule has 1 aromatic carbocycles. The average molecular weight is 410 g/mol. The van der Waals surface area contributed by atoms with Crippen molar-refractivity contribution in [3.8, 4) is 17.1 Å². The van der Waals surface area contributed by atoms with Crippen LogP contribution in [0.2, 0.25) is 0 Å². The Bertz CT molecular complexity index is 1050. The van der Waals surface area contributed by atoms with Crippen LogP contribution in [0, 0.1) is 5.82 Å². The van der Waals surface area contributed by atoms with Gasteiger partial charge in [0.15, 0.2) is 5.82 Å². The zero-order valence-corrected chi connectivity index (χ0v) is 17.1. The van der Waals surface area contributed by atoms with Crippen molar-refractivity contribution in [2.24, 2.45) is 7.05 Å². The topological polar surface area (TPSA) is 76.4 Å². The molecule has 3 aromatic rings. The molecular weight excluding hydrogens is 387 g/mol. The molecule has 0 saturated carbocycles. The first kappa shape index (κ1) is 19.8. The van der Waals surface area contributed by atoms with E-state index in [1.807, 2.05) is 19.0 Å². The van der Waals surface area contributed by atoms with Gasteiger partial charge in [-0.1, -0.05) is 0 Å². The van der Waals surface area contributed by atoms with Crippen LogP contribution in [0.4, 0.5) is 10.2 Å². The number of anilines is 1. The summed E-state index contributed by atoms with van der Waals surface area (Å²) >= 11 is 0. The van der Waals surface area contributed by atoms with Gasteiger partial charge in [-0.2, -0.15) is 10.1 Å². The Morgan fingerprint density at radius 2 is 2.00 bits per heavy atom. The van der Waals surface area contributed by atoms with E-state index in [9.17, 15) is 9.18 Å². The van der Waals surface area contributed by atoms with Crippen molar-refractivity contribution >= 4 is 11.7 Å². The molecule has 1 atom stereocenters. The molecule has 3 heterocycles. The van der Waals surface area contributed by atoms with Crippen molar-refractivity contribution in [3.05, 3.63) is 54.2 Å². The molecule has 1 fully saturated rings. The summed E-state index contributed by atoms with van der Waals surface area (Å²) in [6, 6.07) is 7.78. The van der Waals surface area contributed by atoms with Gasteiger partial charge in [0.1, 0.15) is 17.6 Å². The van der Waals surface area contributed by atoms with E-state index >= 15 is 0 Å². The molecule has 156 valence electrons. The Kier molecular flexibility index (Phi) is 5.35. The van der Waals surface area contributed by atoms with Crippen molar-refractivity contribution in [1.82, 2.24) is 24.6 Å². The number of amides is 1. The van der Waals surface area contributed by atoms with E-state index in [4.69, 9.17) is 4.74 Å². The monoisotopic (exact) mass is 410 g/mol. The summed E-state index contributed by atoms with van der Waals surface area (Å²) in [6.07, 6.45) is 3.80. The number of nitrogens with zero attached hydrogens (tertiary/aromatic N) is 6. The van der Waals surface area contributed by atoms with Gasteiger partial charge in [0.05, 0.1) is 24.6 Å². The molecule has 0 N–H and O–H groups in total. The van der Waals surface area contributed by atoms with E-state index in [2.05, 4.69) is 15.1 Å². The van der Waals surface area contributed by atoms with Gasteiger partial charge < -0.3 is 14.5 Å². The predicted octanol–water partition coefficient (Wildman–Crippen LogP) is 2.38. The number of benzene rings is 1. The molecule has 4 rings (SSSR count). The normalized spacial score (nSPS) is 16.0. The number of likely N-dealkylation sites (tertiary alicyclic amines) is 1. The number of halogens is 1. The van der Waals surface area contributed by atoms with Gasteiger partial charge in [-0.3, -0.25) is 14.5 Å². The Morgan fingerprint density at radius 1 is 1.23 bits per heavy atom. The number of aromatic nitrogens is 4.